The number of ether oxygens (including phenoxy) is 1. The lowest BCUT2D eigenvalue weighted by Gasteiger charge is -2.15. The van der Waals surface area contributed by atoms with Crippen molar-refractivity contribution in [1.29, 1.82) is 0 Å². The van der Waals surface area contributed by atoms with Gasteiger partial charge in [-0.25, -0.2) is 0 Å². The first-order valence-electron chi connectivity index (χ1n) is 5.95. The lowest BCUT2D eigenvalue weighted by molar-refractivity contribution is -0.128. The van der Waals surface area contributed by atoms with E-state index in [0.29, 0.717) is 23.5 Å². The van der Waals surface area contributed by atoms with Gasteiger partial charge >= 0.3 is 0 Å². The van der Waals surface area contributed by atoms with E-state index in [1.807, 2.05) is 6.92 Å². The molecule has 0 aliphatic heterocycles. The van der Waals surface area contributed by atoms with Gasteiger partial charge in [-0.1, -0.05) is 0 Å². The monoisotopic (exact) mass is 265 g/mol. The number of carbonyl (C=O) groups is 2. The van der Waals surface area contributed by atoms with E-state index in [1.165, 1.54) is 12.0 Å². The minimum atomic E-state index is -0.337. The molecule has 1 aromatic carbocycles. The highest BCUT2D eigenvalue weighted by Gasteiger charge is 2.12. The predicted octanol–water partition coefficient (Wildman–Crippen LogP) is 0.486. The smallest absolute Gasteiger partial charge is 0.251 e. The molecule has 0 radical (unpaired) electrons. The summed E-state index contributed by atoms with van der Waals surface area (Å²) in [6, 6.07) is 4.72. The molecule has 0 saturated heterocycles. The van der Waals surface area contributed by atoms with Crippen LogP contribution in [0.25, 0.3) is 0 Å². The van der Waals surface area contributed by atoms with Gasteiger partial charge in [-0.05, 0) is 25.1 Å². The lowest BCUT2D eigenvalue weighted by atomic mass is 10.2. The van der Waals surface area contributed by atoms with Crippen LogP contribution in [0.15, 0.2) is 18.2 Å². The molecule has 1 aromatic rings. The molecule has 0 aliphatic rings. The molecule has 0 fully saturated rings. The number of rotatable bonds is 5. The third kappa shape index (κ3) is 3.87. The number of nitrogen functional groups attached to an aromatic ring is 1. The van der Waals surface area contributed by atoms with Crippen molar-refractivity contribution < 1.29 is 14.3 Å². The molecule has 6 heteroatoms. The highest BCUT2D eigenvalue weighted by atomic mass is 16.5. The summed E-state index contributed by atoms with van der Waals surface area (Å²) in [5.41, 5.74) is 6.52. The maximum atomic E-state index is 11.9. The molecule has 2 amide bonds. The zero-order valence-electron chi connectivity index (χ0n) is 11.4. The van der Waals surface area contributed by atoms with E-state index in [2.05, 4.69) is 5.32 Å². The zero-order chi connectivity index (χ0) is 14.4. The first-order valence-corrected chi connectivity index (χ1v) is 5.95. The Morgan fingerprint density at radius 1 is 1.42 bits per heavy atom. The predicted molar refractivity (Wildman–Crippen MR) is 73.1 cm³/mol. The first-order chi connectivity index (χ1) is 8.99. The van der Waals surface area contributed by atoms with Crippen molar-refractivity contribution in [2.75, 3.05) is 33.0 Å². The summed E-state index contributed by atoms with van der Waals surface area (Å²) in [6.45, 7) is 2.44. The molecule has 0 bridgehead atoms. The number of hydrogen-bond donors (Lipinski definition) is 2. The van der Waals surface area contributed by atoms with Gasteiger partial charge in [0.15, 0.2) is 0 Å². The summed E-state index contributed by atoms with van der Waals surface area (Å²) in [7, 11) is 3.16. The second-order valence-electron chi connectivity index (χ2n) is 4.05. The topological polar surface area (TPSA) is 84.7 Å². The van der Waals surface area contributed by atoms with Crippen molar-refractivity contribution in [3.05, 3.63) is 23.8 Å². The molecule has 0 aliphatic carbocycles. The SMILES string of the molecule is CCN(C)C(=O)CNC(=O)c1ccc(N)c(OC)c1. The zero-order valence-corrected chi connectivity index (χ0v) is 11.4. The van der Waals surface area contributed by atoms with Crippen LogP contribution in [0.1, 0.15) is 17.3 Å². The van der Waals surface area contributed by atoms with E-state index >= 15 is 0 Å². The quantitative estimate of drug-likeness (QED) is 0.759. The van der Waals surface area contributed by atoms with E-state index in [1.54, 1.807) is 25.2 Å². The van der Waals surface area contributed by atoms with E-state index in [9.17, 15) is 9.59 Å². The van der Waals surface area contributed by atoms with Crippen LogP contribution in [0.2, 0.25) is 0 Å². The van der Waals surface area contributed by atoms with Crippen LogP contribution in [-0.2, 0) is 4.79 Å². The molecule has 0 aromatic heterocycles. The maximum absolute atomic E-state index is 11.9. The number of carbonyl (C=O) groups excluding carboxylic acids is 2. The van der Waals surface area contributed by atoms with Crippen LogP contribution in [0.3, 0.4) is 0 Å². The van der Waals surface area contributed by atoms with Crippen molar-refractivity contribution in [3.63, 3.8) is 0 Å². The molecule has 0 saturated carbocycles. The minimum absolute atomic E-state index is 0.0319. The Morgan fingerprint density at radius 3 is 2.68 bits per heavy atom. The van der Waals surface area contributed by atoms with Gasteiger partial charge in [0.05, 0.1) is 19.3 Å². The van der Waals surface area contributed by atoms with Crippen LogP contribution in [0.5, 0.6) is 5.75 Å². The minimum Gasteiger partial charge on any atom is -0.495 e. The Kier molecular flexibility index (Phi) is 5.17. The fourth-order valence-corrected chi connectivity index (χ4v) is 1.42. The van der Waals surface area contributed by atoms with Crippen molar-refractivity contribution >= 4 is 17.5 Å². The number of likely N-dealkylation sites (N-methyl/N-ethyl adjacent to an activating group) is 1. The van der Waals surface area contributed by atoms with Crippen molar-refractivity contribution in [2.24, 2.45) is 0 Å². The van der Waals surface area contributed by atoms with Gasteiger partial charge in [0, 0.05) is 19.2 Å². The molecule has 0 heterocycles. The maximum Gasteiger partial charge on any atom is 0.251 e. The molecule has 0 unspecified atom stereocenters. The number of anilines is 1. The number of amides is 2. The number of nitrogens with zero attached hydrogens (tertiary/aromatic N) is 1. The molecule has 104 valence electrons. The highest BCUT2D eigenvalue weighted by molar-refractivity contribution is 5.97. The van der Waals surface area contributed by atoms with Gasteiger partial charge in [0.25, 0.3) is 5.91 Å². The van der Waals surface area contributed by atoms with Crippen LogP contribution in [0, 0.1) is 0 Å². The van der Waals surface area contributed by atoms with Crippen molar-refractivity contribution in [1.82, 2.24) is 10.2 Å². The summed E-state index contributed by atoms with van der Waals surface area (Å²) in [5.74, 6) is -0.0425. The van der Waals surface area contributed by atoms with Gasteiger partial charge in [-0.15, -0.1) is 0 Å². The Balaban J connectivity index is 2.66. The first kappa shape index (κ1) is 14.8. The van der Waals surface area contributed by atoms with Gasteiger partial charge < -0.3 is 20.7 Å². The molecule has 19 heavy (non-hydrogen) atoms. The average Bonchev–Trinajstić information content (AvgIpc) is 2.43. The average molecular weight is 265 g/mol. The van der Waals surface area contributed by atoms with Gasteiger partial charge in [0.2, 0.25) is 5.91 Å². The number of hydrogen-bond acceptors (Lipinski definition) is 4. The second kappa shape index (κ2) is 6.63. The number of nitrogens with two attached hydrogens (primary N) is 1. The van der Waals surface area contributed by atoms with Crippen LogP contribution in [-0.4, -0.2) is 44.0 Å². The van der Waals surface area contributed by atoms with E-state index in [0.717, 1.165) is 0 Å². The van der Waals surface area contributed by atoms with Gasteiger partial charge in [-0.3, -0.25) is 9.59 Å². The summed E-state index contributed by atoms with van der Waals surface area (Å²) >= 11 is 0. The Labute approximate surface area is 112 Å². The van der Waals surface area contributed by atoms with Crippen molar-refractivity contribution in [3.8, 4) is 5.75 Å². The van der Waals surface area contributed by atoms with E-state index in [-0.39, 0.29) is 18.4 Å². The molecule has 3 N–H and O–H groups in total. The highest BCUT2D eigenvalue weighted by Crippen LogP contribution is 2.21. The standard InChI is InChI=1S/C13H19N3O3/c1-4-16(2)12(17)8-15-13(18)9-5-6-10(14)11(7-9)19-3/h5-7H,4,8,14H2,1-3H3,(H,15,18). The Bertz CT molecular complexity index is 474. The normalized spacial score (nSPS) is 9.84. The summed E-state index contributed by atoms with van der Waals surface area (Å²) in [4.78, 5) is 24.9. The van der Waals surface area contributed by atoms with Gasteiger partial charge in [-0.2, -0.15) is 0 Å². The molecular formula is C13H19N3O3. The fourth-order valence-electron chi connectivity index (χ4n) is 1.42. The van der Waals surface area contributed by atoms with Crippen LogP contribution in [0.4, 0.5) is 5.69 Å². The summed E-state index contributed by atoms with van der Waals surface area (Å²) < 4.78 is 5.04. The third-order valence-corrected chi connectivity index (χ3v) is 2.80. The number of benzene rings is 1. The molecule has 0 spiro atoms. The van der Waals surface area contributed by atoms with E-state index < -0.39 is 0 Å². The largest absolute Gasteiger partial charge is 0.495 e. The Hall–Kier alpha value is -2.24. The molecule has 6 nitrogen and oxygen atoms in total. The van der Waals surface area contributed by atoms with Crippen LogP contribution < -0.4 is 15.8 Å². The lowest BCUT2D eigenvalue weighted by Crippen LogP contribution is -2.37. The third-order valence-electron chi connectivity index (χ3n) is 2.80. The number of methoxy groups -OCH3 is 1. The van der Waals surface area contributed by atoms with Crippen LogP contribution >= 0.6 is 0 Å². The van der Waals surface area contributed by atoms with Crippen molar-refractivity contribution in [2.45, 2.75) is 6.92 Å². The van der Waals surface area contributed by atoms with Gasteiger partial charge in [0.1, 0.15) is 5.75 Å². The molecule has 0 atom stereocenters. The molecular weight excluding hydrogens is 246 g/mol. The van der Waals surface area contributed by atoms with E-state index in [4.69, 9.17) is 10.5 Å². The fraction of sp³-hybridized carbons (Fsp3) is 0.385. The Morgan fingerprint density at radius 2 is 2.11 bits per heavy atom. The second-order valence-corrected chi connectivity index (χ2v) is 4.05. The summed E-state index contributed by atoms with van der Waals surface area (Å²) in [6.07, 6.45) is 0. The summed E-state index contributed by atoms with van der Waals surface area (Å²) in [5, 5.41) is 2.56. The molecule has 1 rings (SSSR count). The number of nitrogens with one attached hydrogen (secondary N) is 1.